The zero-order valence-electron chi connectivity index (χ0n) is 9.00. The fraction of sp³-hybridized carbons (Fsp3) is 0.900. The molecule has 0 saturated carbocycles. The number of carbonyl (C=O) groups excluding carboxylic acids is 1. The summed E-state index contributed by atoms with van der Waals surface area (Å²) in [4.78, 5) is 11.2. The monoisotopic (exact) mass is 236 g/mol. The Balaban J connectivity index is 0.00000196. The summed E-state index contributed by atoms with van der Waals surface area (Å²) in [6, 6.07) is 0. The van der Waals surface area contributed by atoms with Crippen LogP contribution in [0.25, 0.3) is 0 Å². The molecule has 0 aromatic carbocycles. The van der Waals surface area contributed by atoms with Gasteiger partial charge >= 0.3 is 0 Å². The van der Waals surface area contributed by atoms with Gasteiger partial charge in [-0.3, -0.25) is 4.79 Å². The molecule has 1 aliphatic rings. The van der Waals surface area contributed by atoms with E-state index < -0.39 is 0 Å². The number of halogens is 1. The molecule has 0 spiro atoms. The van der Waals surface area contributed by atoms with Gasteiger partial charge in [-0.1, -0.05) is 0 Å². The number of aliphatic hydroxyl groups excluding tert-OH is 1. The molecular formula is C10H21ClN2O2. The summed E-state index contributed by atoms with van der Waals surface area (Å²) in [5.41, 5.74) is 0. The van der Waals surface area contributed by atoms with E-state index in [1.54, 1.807) is 0 Å². The highest BCUT2D eigenvalue weighted by Crippen LogP contribution is 2.09. The zero-order valence-corrected chi connectivity index (χ0v) is 9.81. The van der Waals surface area contributed by atoms with E-state index in [1.807, 2.05) is 0 Å². The molecule has 1 heterocycles. The van der Waals surface area contributed by atoms with Gasteiger partial charge in [-0.05, 0) is 31.7 Å². The second kappa shape index (κ2) is 8.95. The number of rotatable bonds is 1. The summed E-state index contributed by atoms with van der Waals surface area (Å²) in [7, 11) is 0. The molecule has 1 unspecified atom stereocenters. The first-order valence-corrected chi connectivity index (χ1v) is 5.41. The van der Waals surface area contributed by atoms with E-state index in [2.05, 4.69) is 10.6 Å². The van der Waals surface area contributed by atoms with E-state index in [-0.39, 0.29) is 24.9 Å². The molecule has 0 radical (unpaired) electrons. The summed E-state index contributed by atoms with van der Waals surface area (Å²) in [6.07, 6.45) is 3.57. The predicted octanol–water partition coefficient (Wildman–Crippen LogP) is 0.296. The van der Waals surface area contributed by atoms with Crippen molar-refractivity contribution in [3.8, 4) is 0 Å². The zero-order chi connectivity index (χ0) is 10.2. The lowest BCUT2D eigenvalue weighted by Gasteiger charge is -2.13. The van der Waals surface area contributed by atoms with E-state index in [0.29, 0.717) is 18.9 Å². The van der Waals surface area contributed by atoms with Crippen molar-refractivity contribution >= 4 is 18.3 Å². The first kappa shape index (κ1) is 14.7. The quantitative estimate of drug-likeness (QED) is 0.614. The minimum absolute atomic E-state index is 0. The van der Waals surface area contributed by atoms with Gasteiger partial charge in [-0.25, -0.2) is 0 Å². The average Bonchev–Trinajstić information content (AvgIpc) is 2.23. The third kappa shape index (κ3) is 6.71. The van der Waals surface area contributed by atoms with Crippen molar-refractivity contribution in [3.05, 3.63) is 0 Å². The second-order valence-corrected chi connectivity index (χ2v) is 3.83. The molecule has 3 N–H and O–H groups in total. The molecular weight excluding hydrogens is 216 g/mol. The van der Waals surface area contributed by atoms with Crippen LogP contribution in [0.2, 0.25) is 0 Å². The minimum atomic E-state index is 0. The highest BCUT2D eigenvalue weighted by atomic mass is 35.5. The molecule has 0 aliphatic carbocycles. The fourth-order valence-corrected chi connectivity index (χ4v) is 1.67. The van der Waals surface area contributed by atoms with Gasteiger partial charge in [0.2, 0.25) is 5.91 Å². The van der Waals surface area contributed by atoms with E-state index in [4.69, 9.17) is 5.11 Å². The molecule has 4 nitrogen and oxygen atoms in total. The molecule has 1 atom stereocenters. The Hall–Kier alpha value is -0.320. The van der Waals surface area contributed by atoms with Crippen molar-refractivity contribution in [2.75, 3.05) is 26.2 Å². The summed E-state index contributed by atoms with van der Waals surface area (Å²) in [5, 5.41) is 15.1. The van der Waals surface area contributed by atoms with E-state index in [9.17, 15) is 4.79 Å². The summed E-state index contributed by atoms with van der Waals surface area (Å²) >= 11 is 0. The number of carbonyl (C=O) groups is 1. The minimum Gasteiger partial charge on any atom is -0.396 e. The van der Waals surface area contributed by atoms with E-state index >= 15 is 0 Å². The van der Waals surface area contributed by atoms with Crippen LogP contribution in [-0.4, -0.2) is 37.3 Å². The molecule has 1 saturated heterocycles. The molecule has 1 rings (SSSR count). The maximum absolute atomic E-state index is 11.2. The average molecular weight is 237 g/mol. The summed E-state index contributed by atoms with van der Waals surface area (Å²) < 4.78 is 0. The first-order chi connectivity index (χ1) is 6.83. The van der Waals surface area contributed by atoms with Gasteiger partial charge in [0.15, 0.2) is 0 Å². The molecule has 0 aromatic rings. The van der Waals surface area contributed by atoms with Crippen LogP contribution in [-0.2, 0) is 4.79 Å². The lowest BCUT2D eigenvalue weighted by atomic mass is 10.0. The summed E-state index contributed by atoms with van der Waals surface area (Å²) in [5.74, 6) is 0.450. The lowest BCUT2D eigenvalue weighted by molar-refractivity contribution is -0.121. The Morgan fingerprint density at radius 2 is 2.07 bits per heavy atom. The lowest BCUT2D eigenvalue weighted by Crippen LogP contribution is -2.28. The standard InChI is InChI=1S/C10H20N2O2.ClH/c13-8-9-2-1-5-11-6-4-10(14)12-7-3-9;/h9,11,13H,1-8H2,(H,12,14);1H. The smallest absolute Gasteiger partial charge is 0.221 e. The molecule has 15 heavy (non-hydrogen) atoms. The van der Waals surface area contributed by atoms with Gasteiger partial charge < -0.3 is 15.7 Å². The van der Waals surface area contributed by atoms with Crippen molar-refractivity contribution in [2.24, 2.45) is 5.92 Å². The Kier molecular flexibility index (Phi) is 8.76. The van der Waals surface area contributed by atoms with Gasteiger partial charge in [0.05, 0.1) is 0 Å². The van der Waals surface area contributed by atoms with Gasteiger partial charge in [0.1, 0.15) is 0 Å². The topological polar surface area (TPSA) is 61.4 Å². The highest BCUT2D eigenvalue weighted by Gasteiger charge is 2.09. The molecule has 90 valence electrons. The molecule has 0 aromatic heterocycles. The number of nitrogens with one attached hydrogen (secondary N) is 2. The number of hydrogen-bond donors (Lipinski definition) is 3. The van der Waals surface area contributed by atoms with Crippen LogP contribution in [0.5, 0.6) is 0 Å². The van der Waals surface area contributed by atoms with E-state index in [1.165, 1.54) is 0 Å². The van der Waals surface area contributed by atoms with Crippen LogP contribution >= 0.6 is 12.4 Å². The number of amides is 1. The predicted molar refractivity (Wildman–Crippen MR) is 62.2 cm³/mol. The van der Waals surface area contributed by atoms with Gasteiger partial charge in [-0.15, -0.1) is 12.4 Å². The van der Waals surface area contributed by atoms with Crippen LogP contribution in [0, 0.1) is 5.92 Å². The fourth-order valence-electron chi connectivity index (χ4n) is 1.67. The second-order valence-electron chi connectivity index (χ2n) is 3.83. The molecule has 0 bridgehead atoms. The van der Waals surface area contributed by atoms with Crippen molar-refractivity contribution in [1.29, 1.82) is 0 Å². The Morgan fingerprint density at radius 1 is 1.27 bits per heavy atom. The van der Waals surface area contributed by atoms with Crippen LogP contribution in [0.1, 0.15) is 25.7 Å². The van der Waals surface area contributed by atoms with Gasteiger partial charge in [-0.2, -0.15) is 0 Å². The molecule has 1 amide bonds. The Morgan fingerprint density at radius 3 is 2.80 bits per heavy atom. The van der Waals surface area contributed by atoms with Gasteiger partial charge in [0, 0.05) is 26.1 Å². The third-order valence-corrected chi connectivity index (χ3v) is 2.63. The SMILES string of the molecule is Cl.O=C1CCNCCCC(CO)CCN1. The van der Waals surface area contributed by atoms with Crippen LogP contribution in [0.3, 0.4) is 0 Å². The van der Waals surface area contributed by atoms with Crippen molar-refractivity contribution in [1.82, 2.24) is 10.6 Å². The first-order valence-electron chi connectivity index (χ1n) is 5.41. The molecule has 1 aliphatic heterocycles. The number of aliphatic hydroxyl groups is 1. The maximum Gasteiger partial charge on any atom is 0.221 e. The third-order valence-electron chi connectivity index (χ3n) is 2.63. The Labute approximate surface area is 97.2 Å². The normalized spacial score (nSPS) is 24.6. The largest absolute Gasteiger partial charge is 0.396 e. The molecule has 1 fully saturated rings. The molecule has 5 heteroatoms. The summed E-state index contributed by atoms with van der Waals surface area (Å²) in [6.45, 7) is 2.64. The van der Waals surface area contributed by atoms with E-state index in [0.717, 1.165) is 32.4 Å². The maximum atomic E-state index is 11.2. The van der Waals surface area contributed by atoms with Crippen LogP contribution in [0.4, 0.5) is 0 Å². The van der Waals surface area contributed by atoms with Crippen molar-refractivity contribution < 1.29 is 9.90 Å². The highest BCUT2D eigenvalue weighted by molar-refractivity contribution is 5.85. The number of hydrogen-bond acceptors (Lipinski definition) is 3. The van der Waals surface area contributed by atoms with Crippen molar-refractivity contribution in [2.45, 2.75) is 25.7 Å². The Bertz CT molecular complexity index is 179. The van der Waals surface area contributed by atoms with Gasteiger partial charge in [0.25, 0.3) is 0 Å². The van der Waals surface area contributed by atoms with Crippen LogP contribution < -0.4 is 10.6 Å². The van der Waals surface area contributed by atoms with Crippen molar-refractivity contribution in [3.63, 3.8) is 0 Å². The van der Waals surface area contributed by atoms with Crippen LogP contribution in [0.15, 0.2) is 0 Å².